The Kier molecular flexibility index (Phi) is 10.7. The predicted molar refractivity (Wildman–Crippen MR) is 335 cm³/mol. The summed E-state index contributed by atoms with van der Waals surface area (Å²) in [6.45, 7) is 40.7. The van der Waals surface area contributed by atoms with Crippen LogP contribution in [0.5, 0.6) is 0 Å². The van der Waals surface area contributed by atoms with E-state index in [1.807, 2.05) is 11.3 Å². The van der Waals surface area contributed by atoms with Gasteiger partial charge in [-0.1, -0.05) is 178 Å². The number of thiophene rings is 1. The SMILES string of the molecule is CC(C)(C)c1ccc(N2B3c4c(cc(C(C)(C)C)cc4N(c4ccc(C(C)(C)C)cc4-c4ccccc4)c4sc5cc6c(cc5c43)C(C)(C)CCC6(C)C)-c3ccc4c(oc5cc6c(cc54)C(C)(C)CCC6(C)C)c32)cc1. The highest BCUT2D eigenvalue weighted by atomic mass is 32.1. The van der Waals surface area contributed by atoms with Crippen molar-refractivity contribution in [2.45, 2.75) is 181 Å². The van der Waals surface area contributed by atoms with Crippen LogP contribution in [0.1, 0.15) is 182 Å². The second kappa shape index (κ2) is 16.3. The van der Waals surface area contributed by atoms with Gasteiger partial charge in [-0.25, -0.2) is 0 Å². The molecule has 392 valence electrons. The molecule has 7 aromatic carbocycles. The maximum Gasteiger partial charge on any atom is 0.334 e. The Morgan fingerprint density at radius 3 is 1.61 bits per heavy atom. The first-order valence-electron chi connectivity index (χ1n) is 28.8. The summed E-state index contributed by atoms with van der Waals surface area (Å²) in [6, 6.07) is 48.3. The molecule has 0 bridgehead atoms. The van der Waals surface area contributed by atoms with Gasteiger partial charge in [0.05, 0.1) is 16.4 Å². The van der Waals surface area contributed by atoms with E-state index in [1.54, 1.807) is 0 Å². The van der Waals surface area contributed by atoms with E-state index >= 15 is 0 Å². The Labute approximate surface area is 464 Å². The highest BCUT2D eigenvalue weighted by molar-refractivity contribution is 7.26. The molecule has 2 aliphatic heterocycles. The van der Waals surface area contributed by atoms with Crippen molar-refractivity contribution in [2.75, 3.05) is 9.71 Å². The lowest BCUT2D eigenvalue weighted by Gasteiger charge is -2.46. The molecule has 3 nitrogen and oxygen atoms in total. The van der Waals surface area contributed by atoms with E-state index in [-0.39, 0.29) is 44.8 Å². The van der Waals surface area contributed by atoms with Crippen LogP contribution >= 0.6 is 11.3 Å². The third kappa shape index (κ3) is 7.62. The van der Waals surface area contributed by atoms with E-state index in [2.05, 4.69) is 249 Å². The first-order valence-corrected chi connectivity index (χ1v) is 29.6. The molecule has 9 aromatic rings. The summed E-state index contributed by atoms with van der Waals surface area (Å²) in [6.07, 6.45) is 4.65. The van der Waals surface area contributed by atoms with Gasteiger partial charge < -0.3 is 14.1 Å². The van der Waals surface area contributed by atoms with E-state index in [0.29, 0.717) is 0 Å². The smallest absolute Gasteiger partial charge is 0.334 e. The standard InChI is InChI=1S/C72H79BN2OS/c1-66(2,3)43-23-26-46(27-24-43)75-63-47(28-29-48-50-38-53-55(40-59(50)76-64(48)63)71(14,15)33-31-69(53,10)11)51-36-45(68(7,8)9)37-58-61(51)73(75)62-52-39-54-56(72(16,17)34-32-70(54,12)13)41-60(52)77-65(62)74(58)57-30-25-44(67(4,5)6)35-49(57)42-21-19-18-20-22-42/h18-30,35-41H,31-34H2,1-17H3. The minimum atomic E-state index is -0.182. The van der Waals surface area contributed by atoms with Crippen LogP contribution in [0, 0.1) is 0 Å². The van der Waals surface area contributed by atoms with Crippen LogP contribution in [0.3, 0.4) is 0 Å². The van der Waals surface area contributed by atoms with Crippen LogP contribution < -0.4 is 20.6 Å². The maximum atomic E-state index is 7.59. The van der Waals surface area contributed by atoms with Crippen molar-refractivity contribution in [2.24, 2.45) is 0 Å². The van der Waals surface area contributed by atoms with Crippen molar-refractivity contribution in [3.05, 3.63) is 160 Å². The lowest BCUT2D eigenvalue weighted by atomic mass is 9.43. The van der Waals surface area contributed by atoms with E-state index in [4.69, 9.17) is 4.42 Å². The normalized spacial score (nSPS) is 18.1. The molecule has 0 atom stereocenters. The number of benzene rings is 7. The van der Waals surface area contributed by atoms with Gasteiger partial charge in [-0.05, 0) is 191 Å². The average Bonchev–Trinajstić information content (AvgIpc) is 3.93. The second-order valence-corrected chi connectivity index (χ2v) is 30.6. The molecule has 4 aliphatic rings. The van der Waals surface area contributed by atoms with Crippen LogP contribution in [0.4, 0.5) is 27.8 Å². The zero-order valence-corrected chi connectivity index (χ0v) is 50.0. The molecule has 13 rings (SSSR count). The fourth-order valence-corrected chi connectivity index (χ4v) is 15.3. The van der Waals surface area contributed by atoms with Crippen LogP contribution in [-0.2, 0) is 37.9 Å². The summed E-state index contributed by atoms with van der Waals surface area (Å²) in [5, 5.41) is 5.06. The molecule has 0 fully saturated rings. The van der Waals surface area contributed by atoms with Gasteiger partial charge in [-0.2, -0.15) is 0 Å². The van der Waals surface area contributed by atoms with Gasteiger partial charge in [0.25, 0.3) is 0 Å². The summed E-state index contributed by atoms with van der Waals surface area (Å²) in [4.78, 5) is 5.45. The molecule has 0 saturated carbocycles. The van der Waals surface area contributed by atoms with Gasteiger partial charge in [-0.3, -0.25) is 0 Å². The van der Waals surface area contributed by atoms with Gasteiger partial charge in [0.1, 0.15) is 5.58 Å². The monoisotopic (exact) mass is 1030 g/mol. The second-order valence-electron chi connectivity index (χ2n) is 29.5. The van der Waals surface area contributed by atoms with Gasteiger partial charge in [0.15, 0.2) is 5.58 Å². The van der Waals surface area contributed by atoms with Crippen molar-refractivity contribution >= 4 is 88.9 Å². The third-order valence-electron chi connectivity index (χ3n) is 19.3. The van der Waals surface area contributed by atoms with Gasteiger partial charge in [0.2, 0.25) is 0 Å². The van der Waals surface area contributed by atoms with E-state index in [0.717, 1.165) is 29.7 Å². The number of hydrogen-bond donors (Lipinski definition) is 0. The van der Waals surface area contributed by atoms with E-state index in [1.165, 1.54) is 128 Å². The topological polar surface area (TPSA) is 19.6 Å². The maximum absolute atomic E-state index is 7.59. The molecule has 2 aliphatic carbocycles. The molecule has 0 spiro atoms. The fraction of sp³-hybridized carbons (Fsp3) is 0.389. The van der Waals surface area contributed by atoms with Crippen LogP contribution in [-0.4, -0.2) is 6.85 Å². The van der Waals surface area contributed by atoms with E-state index < -0.39 is 0 Å². The number of anilines is 5. The minimum Gasteiger partial charge on any atom is -0.454 e. The average molecular weight is 1030 g/mol. The van der Waals surface area contributed by atoms with Gasteiger partial charge in [-0.15, -0.1) is 11.3 Å². The predicted octanol–water partition coefficient (Wildman–Crippen LogP) is 19.8. The van der Waals surface area contributed by atoms with Gasteiger partial charge >= 0.3 is 6.85 Å². The molecule has 0 N–H and O–H groups in total. The Morgan fingerprint density at radius 2 is 1.01 bits per heavy atom. The van der Waals surface area contributed by atoms with E-state index in [9.17, 15) is 0 Å². The number of nitrogens with zero attached hydrogens (tertiary/aromatic N) is 2. The van der Waals surface area contributed by atoms with Crippen molar-refractivity contribution in [1.29, 1.82) is 0 Å². The Hall–Kier alpha value is -6.04. The first-order chi connectivity index (χ1) is 36.0. The molecule has 4 heterocycles. The Balaban J connectivity index is 1.21. The van der Waals surface area contributed by atoms with Crippen molar-refractivity contribution < 1.29 is 4.42 Å². The Morgan fingerprint density at radius 1 is 0.468 bits per heavy atom. The van der Waals surface area contributed by atoms with Crippen molar-refractivity contribution in [3.8, 4) is 22.3 Å². The molecule has 2 aromatic heterocycles. The third-order valence-corrected chi connectivity index (χ3v) is 20.4. The van der Waals surface area contributed by atoms with Crippen molar-refractivity contribution in [3.63, 3.8) is 0 Å². The largest absolute Gasteiger partial charge is 0.454 e. The molecule has 77 heavy (non-hydrogen) atoms. The van der Waals surface area contributed by atoms with Crippen molar-refractivity contribution in [1.82, 2.24) is 0 Å². The summed E-state index contributed by atoms with van der Waals surface area (Å²) >= 11 is 2.00. The number of hydrogen-bond acceptors (Lipinski definition) is 4. The van der Waals surface area contributed by atoms with Crippen LogP contribution in [0.2, 0.25) is 0 Å². The molecular formula is C72H79BN2OS. The zero-order valence-electron chi connectivity index (χ0n) is 49.2. The molecular weight excluding hydrogens is 952 g/mol. The molecule has 0 amide bonds. The molecule has 5 heteroatoms. The highest BCUT2D eigenvalue weighted by Crippen LogP contribution is 2.57. The summed E-state index contributed by atoms with van der Waals surface area (Å²) in [5.41, 5.74) is 24.3. The lowest BCUT2D eigenvalue weighted by Crippen LogP contribution is -2.61. The molecule has 0 radical (unpaired) electrons. The number of rotatable bonds is 3. The minimum absolute atomic E-state index is 0.00509. The summed E-state index contributed by atoms with van der Waals surface area (Å²) in [5.74, 6) is 0. The number of furan rings is 1. The van der Waals surface area contributed by atoms with Crippen LogP contribution in [0.15, 0.2) is 126 Å². The number of fused-ring (bicyclic) bond motifs is 12. The van der Waals surface area contributed by atoms with Crippen LogP contribution in [0.25, 0.3) is 54.3 Å². The first kappa shape index (κ1) is 50.5. The molecule has 0 unspecified atom stereocenters. The Bertz CT molecular complexity index is 3930. The summed E-state index contributed by atoms with van der Waals surface area (Å²) in [7, 11) is 0. The fourth-order valence-electron chi connectivity index (χ4n) is 14.0. The molecule has 0 saturated heterocycles. The summed E-state index contributed by atoms with van der Waals surface area (Å²) < 4.78 is 8.94. The lowest BCUT2D eigenvalue weighted by molar-refractivity contribution is 0.332. The zero-order chi connectivity index (χ0) is 54.5. The van der Waals surface area contributed by atoms with Gasteiger partial charge in [0, 0.05) is 38.0 Å². The highest BCUT2D eigenvalue weighted by Gasteiger charge is 2.50. The quantitative estimate of drug-likeness (QED) is 0.164.